The van der Waals surface area contributed by atoms with E-state index in [1.165, 1.54) is 38.3 Å². The van der Waals surface area contributed by atoms with Gasteiger partial charge in [0.1, 0.15) is 0 Å². The van der Waals surface area contributed by atoms with E-state index in [1.807, 2.05) is 0 Å². The molecule has 2 nitrogen and oxygen atoms in total. The first-order chi connectivity index (χ1) is 15.6. The van der Waals surface area contributed by atoms with Crippen LogP contribution in [0.2, 0.25) is 0 Å². The molecule has 0 unspecified atom stereocenters. The number of nitrogens with zero attached hydrogens (tertiary/aromatic N) is 1. The number of carbonyl (C=O) groups is 1. The smallest absolute Gasteiger partial charge is 0.186 e. The molecule has 3 rings (SSSR count). The molecule has 0 N–H and O–H groups in total. The van der Waals surface area contributed by atoms with Gasteiger partial charge in [0.25, 0.3) is 0 Å². The average molecular weight is 456 g/mol. The second-order valence-corrected chi connectivity index (χ2v) is 12.0. The summed E-state index contributed by atoms with van der Waals surface area (Å²) in [6.07, 6.45) is 12.8. The average Bonchev–Trinajstić information content (AvgIpc) is 2.66. The first kappa shape index (κ1) is 25.7. The molecule has 0 saturated heterocycles. The van der Waals surface area contributed by atoms with Gasteiger partial charge in [0.15, 0.2) is 5.78 Å². The van der Waals surface area contributed by atoms with Crippen LogP contribution in [0.3, 0.4) is 0 Å². The first-order valence-corrected chi connectivity index (χ1v) is 12.2. The number of benzene rings is 1. The molecule has 180 valence electrons. The molecule has 2 heteroatoms. The van der Waals surface area contributed by atoms with Crippen LogP contribution < -0.4 is 10.4 Å². The van der Waals surface area contributed by atoms with Crippen LogP contribution in [0.15, 0.2) is 70.6 Å². The molecule has 0 spiro atoms. The maximum absolute atomic E-state index is 13.2. The minimum Gasteiger partial charge on any atom is -0.357 e. The zero-order valence-corrected chi connectivity index (χ0v) is 23.0. The van der Waals surface area contributed by atoms with E-state index in [2.05, 4.69) is 130 Å². The zero-order chi connectivity index (χ0) is 25.6. The van der Waals surface area contributed by atoms with E-state index in [-0.39, 0.29) is 16.6 Å². The first-order valence-electron chi connectivity index (χ1n) is 12.2. The van der Waals surface area contributed by atoms with Crippen LogP contribution in [0.25, 0.3) is 11.6 Å². The van der Waals surface area contributed by atoms with Gasteiger partial charge in [-0.05, 0) is 94.5 Å². The van der Waals surface area contributed by atoms with Crippen molar-refractivity contribution in [1.82, 2.24) is 4.90 Å². The summed E-state index contributed by atoms with van der Waals surface area (Å²) < 4.78 is 0. The lowest BCUT2D eigenvalue weighted by Gasteiger charge is -2.31. The monoisotopic (exact) mass is 455 g/mol. The Balaban J connectivity index is 2.17. The maximum Gasteiger partial charge on any atom is 0.186 e. The number of hydrogen-bond acceptors (Lipinski definition) is 2. The fourth-order valence-corrected chi connectivity index (χ4v) is 5.02. The predicted octanol–water partition coefficient (Wildman–Crippen LogP) is 6.44. The van der Waals surface area contributed by atoms with Gasteiger partial charge in [-0.1, -0.05) is 65.8 Å². The third kappa shape index (κ3) is 5.27. The van der Waals surface area contributed by atoms with Gasteiger partial charge in [0.05, 0.1) is 0 Å². The van der Waals surface area contributed by atoms with E-state index in [0.29, 0.717) is 0 Å². The predicted molar refractivity (Wildman–Crippen MR) is 146 cm³/mol. The molecule has 0 aromatic heterocycles. The number of carbonyl (C=O) groups excluding carboxylic acids is 1. The second kappa shape index (κ2) is 9.06. The van der Waals surface area contributed by atoms with Crippen molar-refractivity contribution in [3.05, 3.63) is 92.2 Å². The van der Waals surface area contributed by atoms with Crippen molar-refractivity contribution in [1.29, 1.82) is 0 Å². The van der Waals surface area contributed by atoms with Gasteiger partial charge in [-0.3, -0.25) is 4.79 Å². The Bertz CT molecular complexity index is 1220. The molecule has 0 fully saturated rings. The Hall–Kier alpha value is -2.87. The van der Waals surface area contributed by atoms with Crippen molar-refractivity contribution in [2.45, 2.75) is 69.2 Å². The summed E-state index contributed by atoms with van der Waals surface area (Å²) in [5, 5.41) is 2.50. The van der Waals surface area contributed by atoms with Crippen molar-refractivity contribution in [3.63, 3.8) is 0 Å². The maximum atomic E-state index is 13.2. The highest BCUT2D eigenvalue weighted by Crippen LogP contribution is 2.38. The number of hydrogen-bond donors (Lipinski definition) is 0. The highest BCUT2D eigenvalue weighted by molar-refractivity contribution is 6.11. The molecule has 1 aromatic rings. The van der Waals surface area contributed by atoms with Crippen LogP contribution in [0, 0.1) is 24.7 Å². The highest BCUT2D eigenvalue weighted by atomic mass is 16.1. The minimum absolute atomic E-state index is 0.176. The van der Waals surface area contributed by atoms with Crippen molar-refractivity contribution in [2.75, 3.05) is 7.05 Å². The minimum atomic E-state index is -0.197. The largest absolute Gasteiger partial charge is 0.357 e. The van der Waals surface area contributed by atoms with E-state index in [0.717, 1.165) is 16.7 Å². The van der Waals surface area contributed by atoms with Crippen LogP contribution >= 0.6 is 0 Å². The van der Waals surface area contributed by atoms with Crippen molar-refractivity contribution >= 4 is 17.4 Å². The SMILES string of the molecule is CC1=CN(C)C=C(C)C1=c1c(C)cc(=CC=C2C=C(C(C)(C)C)C(=O)C(C(C)(C)C)=C2)cc1C. The third-order valence-corrected chi connectivity index (χ3v) is 6.58. The summed E-state index contributed by atoms with van der Waals surface area (Å²) >= 11 is 0. The lowest BCUT2D eigenvalue weighted by molar-refractivity contribution is -0.114. The van der Waals surface area contributed by atoms with Crippen LogP contribution in [-0.2, 0) is 4.79 Å². The van der Waals surface area contributed by atoms with E-state index in [4.69, 9.17) is 0 Å². The molecule has 1 aliphatic carbocycles. The summed E-state index contributed by atoms with van der Waals surface area (Å²) in [5.74, 6) is 0.176. The Morgan fingerprint density at radius 2 is 1.18 bits per heavy atom. The molecule has 1 heterocycles. The topological polar surface area (TPSA) is 20.3 Å². The fraction of sp³-hybridized carbons (Fsp3) is 0.406. The van der Waals surface area contributed by atoms with Gasteiger partial charge in [-0.15, -0.1) is 0 Å². The van der Waals surface area contributed by atoms with Gasteiger partial charge >= 0.3 is 0 Å². The lowest BCUT2D eigenvalue weighted by atomic mass is 9.72. The quantitative estimate of drug-likeness (QED) is 0.485. The molecular weight excluding hydrogens is 414 g/mol. The second-order valence-electron chi connectivity index (χ2n) is 12.0. The van der Waals surface area contributed by atoms with Crippen molar-refractivity contribution < 1.29 is 4.79 Å². The lowest BCUT2D eigenvalue weighted by Crippen LogP contribution is -2.27. The molecule has 34 heavy (non-hydrogen) atoms. The van der Waals surface area contributed by atoms with Crippen LogP contribution in [0.1, 0.15) is 66.5 Å². The molecule has 1 aliphatic heterocycles. The summed E-state index contributed by atoms with van der Waals surface area (Å²) in [6, 6.07) is 4.53. The van der Waals surface area contributed by atoms with E-state index in [9.17, 15) is 4.79 Å². The van der Waals surface area contributed by atoms with E-state index in [1.54, 1.807) is 0 Å². The summed E-state index contributed by atoms with van der Waals surface area (Å²) in [5.41, 5.74) is 8.92. The zero-order valence-electron chi connectivity index (χ0n) is 23.0. The van der Waals surface area contributed by atoms with Crippen molar-refractivity contribution in [3.8, 4) is 0 Å². The third-order valence-electron chi connectivity index (χ3n) is 6.58. The Kier molecular flexibility index (Phi) is 6.86. The molecule has 0 bridgehead atoms. The summed E-state index contributed by atoms with van der Waals surface area (Å²) in [4.78, 5) is 15.3. The Morgan fingerprint density at radius 1 is 0.735 bits per heavy atom. The molecule has 2 aliphatic rings. The van der Waals surface area contributed by atoms with E-state index < -0.39 is 0 Å². The summed E-state index contributed by atoms with van der Waals surface area (Å²) in [6.45, 7) is 21.5. The normalized spacial score (nSPS) is 17.3. The van der Waals surface area contributed by atoms with Crippen LogP contribution in [-0.4, -0.2) is 17.7 Å². The molecule has 0 saturated carbocycles. The highest BCUT2D eigenvalue weighted by Gasteiger charge is 2.33. The van der Waals surface area contributed by atoms with Gasteiger partial charge in [-0.2, -0.15) is 0 Å². The van der Waals surface area contributed by atoms with Crippen LogP contribution in [0.5, 0.6) is 0 Å². The fourth-order valence-electron chi connectivity index (χ4n) is 5.02. The number of aryl methyl sites for hydroxylation is 2. The number of rotatable bonds is 1. The number of ketones is 1. The van der Waals surface area contributed by atoms with E-state index >= 15 is 0 Å². The Labute approximate surface area is 206 Å². The molecule has 0 amide bonds. The number of allylic oxidation sites excluding steroid dienone is 8. The molecule has 0 radical (unpaired) electrons. The van der Waals surface area contributed by atoms with Gasteiger partial charge in [0.2, 0.25) is 0 Å². The molecule has 1 aromatic carbocycles. The van der Waals surface area contributed by atoms with Crippen molar-refractivity contribution in [2.24, 2.45) is 10.8 Å². The molecule has 0 atom stereocenters. The van der Waals surface area contributed by atoms with Gasteiger partial charge < -0.3 is 4.90 Å². The Morgan fingerprint density at radius 3 is 1.59 bits per heavy atom. The standard InChI is InChI=1S/C32H41NO/c1-20-14-24(15-21(2)28(20)29-22(3)18-33(11)19-23(29)4)12-13-25-16-26(31(5,6)7)30(34)27(17-25)32(8,9)10/h12-19H,1-11H3. The molecular formula is C32H41NO. The van der Waals surface area contributed by atoms with Crippen LogP contribution in [0.4, 0.5) is 0 Å². The van der Waals surface area contributed by atoms with Gasteiger partial charge in [-0.25, -0.2) is 0 Å². The summed E-state index contributed by atoms with van der Waals surface area (Å²) in [7, 11) is 2.08. The number of Topliss-reactive ketones (excluding diaryl/α,β-unsaturated/α-hetero) is 1. The van der Waals surface area contributed by atoms with Gasteiger partial charge in [0, 0.05) is 30.6 Å².